The molecule has 0 saturated carbocycles. The van der Waals surface area contributed by atoms with Gasteiger partial charge in [0.15, 0.2) is 17.3 Å². The second-order valence-electron chi connectivity index (χ2n) is 10.4. The minimum Gasteiger partial charge on any atom is -0.508 e. The maximum absolute atomic E-state index is 13.6. The quantitative estimate of drug-likeness (QED) is 0.138. The third kappa shape index (κ3) is 6.79. The smallest absolute Gasteiger partial charge is 0.308 e. The zero-order valence-corrected chi connectivity index (χ0v) is 23.2. The Morgan fingerprint density at radius 2 is 1.68 bits per heavy atom. The van der Waals surface area contributed by atoms with Gasteiger partial charge < -0.3 is 64.2 Å². The van der Waals surface area contributed by atoms with E-state index in [1.54, 1.807) is 0 Å². The van der Waals surface area contributed by atoms with Crippen molar-refractivity contribution in [2.45, 2.75) is 56.1 Å². The number of aromatic hydroxyl groups is 3. The molecule has 16 heteroatoms. The predicted octanol–water partition coefficient (Wildman–Crippen LogP) is -0.0692. The highest BCUT2D eigenvalue weighted by atomic mass is 16.7. The number of ether oxygens (including phenoxy) is 4. The molecular weight excluding hydrogens is 592 g/mol. The van der Waals surface area contributed by atoms with Crippen LogP contribution in [0.3, 0.4) is 0 Å². The van der Waals surface area contributed by atoms with E-state index in [0.29, 0.717) is 0 Å². The molecule has 44 heavy (non-hydrogen) atoms. The molecule has 2 heterocycles. The summed E-state index contributed by atoms with van der Waals surface area (Å²) in [6, 6.07) is 5.72. The molecule has 0 radical (unpaired) electrons. The topological polar surface area (TPSA) is 263 Å². The van der Waals surface area contributed by atoms with E-state index in [1.165, 1.54) is 25.3 Å². The van der Waals surface area contributed by atoms with Crippen molar-refractivity contribution in [3.05, 3.63) is 40.6 Å². The van der Waals surface area contributed by atoms with Crippen molar-refractivity contribution >= 4 is 22.9 Å². The minimum absolute atomic E-state index is 0.0355. The molecule has 1 aliphatic rings. The second-order valence-corrected chi connectivity index (χ2v) is 10.4. The third-order valence-electron chi connectivity index (χ3n) is 6.73. The summed E-state index contributed by atoms with van der Waals surface area (Å²) in [7, 11) is 1.27. The van der Waals surface area contributed by atoms with Gasteiger partial charge in [-0.05, 0) is 25.1 Å². The summed E-state index contributed by atoms with van der Waals surface area (Å²) in [5, 5.41) is 80.5. The van der Waals surface area contributed by atoms with Gasteiger partial charge in [0.05, 0.1) is 25.6 Å². The lowest BCUT2D eigenvalue weighted by Crippen LogP contribution is -2.60. The molecule has 0 bridgehead atoms. The number of methoxy groups -OCH3 is 1. The lowest BCUT2D eigenvalue weighted by Gasteiger charge is -2.39. The van der Waals surface area contributed by atoms with Crippen LogP contribution in [0, 0.1) is 0 Å². The molecule has 1 saturated heterocycles. The average molecular weight is 623 g/mol. The van der Waals surface area contributed by atoms with Crippen LogP contribution in [0.15, 0.2) is 39.5 Å². The lowest BCUT2D eigenvalue weighted by atomic mass is 9.98. The Balaban J connectivity index is 1.68. The number of carboxylic acid groups (broad SMARTS) is 1. The maximum atomic E-state index is 13.6. The van der Waals surface area contributed by atoms with E-state index in [1.807, 2.05) is 0 Å². The first kappa shape index (κ1) is 32.3. The summed E-state index contributed by atoms with van der Waals surface area (Å²) in [5.41, 5.74) is -3.14. The Morgan fingerprint density at radius 1 is 0.977 bits per heavy atom. The van der Waals surface area contributed by atoms with Crippen molar-refractivity contribution in [3.8, 4) is 40.1 Å². The third-order valence-corrected chi connectivity index (χ3v) is 6.73. The van der Waals surface area contributed by atoms with Crippen molar-refractivity contribution in [1.82, 2.24) is 0 Å². The van der Waals surface area contributed by atoms with Gasteiger partial charge in [-0.1, -0.05) is 0 Å². The van der Waals surface area contributed by atoms with Gasteiger partial charge in [0.25, 0.3) is 0 Å². The van der Waals surface area contributed by atoms with Crippen LogP contribution in [0.25, 0.3) is 22.3 Å². The zero-order valence-electron chi connectivity index (χ0n) is 23.2. The summed E-state index contributed by atoms with van der Waals surface area (Å²) in [6.07, 6.45) is -10.7. The van der Waals surface area contributed by atoms with Gasteiger partial charge in [-0.3, -0.25) is 14.4 Å². The number of rotatable bonds is 10. The second kappa shape index (κ2) is 12.6. The van der Waals surface area contributed by atoms with Gasteiger partial charge in [0.2, 0.25) is 17.5 Å². The number of phenolic OH excluding ortho intramolecular Hbond substituents is 3. The van der Waals surface area contributed by atoms with Crippen molar-refractivity contribution in [2.75, 3.05) is 13.7 Å². The van der Waals surface area contributed by atoms with Gasteiger partial charge in [-0.15, -0.1) is 0 Å². The number of aliphatic hydroxyl groups excluding tert-OH is 3. The van der Waals surface area contributed by atoms with Crippen LogP contribution >= 0.6 is 0 Å². The number of benzene rings is 2. The van der Waals surface area contributed by atoms with E-state index in [0.717, 1.165) is 19.1 Å². The molecule has 0 spiro atoms. The maximum Gasteiger partial charge on any atom is 0.308 e. The van der Waals surface area contributed by atoms with Crippen LogP contribution in [0.4, 0.5) is 0 Å². The highest BCUT2D eigenvalue weighted by Crippen LogP contribution is 2.39. The van der Waals surface area contributed by atoms with Crippen molar-refractivity contribution in [3.63, 3.8) is 0 Å². The fourth-order valence-electron chi connectivity index (χ4n) is 4.58. The number of esters is 1. The van der Waals surface area contributed by atoms with Gasteiger partial charge in [-0.2, -0.15) is 0 Å². The molecule has 0 amide bonds. The Morgan fingerprint density at radius 3 is 2.34 bits per heavy atom. The van der Waals surface area contributed by atoms with Gasteiger partial charge in [0.1, 0.15) is 53.5 Å². The molecule has 0 aliphatic carbocycles. The van der Waals surface area contributed by atoms with Crippen molar-refractivity contribution in [2.24, 2.45) is 0 Å². The van der Waals surface area contributed by atoms with E-state index < -0.39 is 95.8 Å². The largest absolute Gasteiger partial charge is 0.508 e. The highest BCUT2D eigenvalue weighted by Gasteiger charge is 2.46. The van der Waals surface area contributed by atoms with Gasteiger partial charge in [-0.25, -0.2) is 0 Å². The summed E-state index contributed by atoms with van der Waals surface area (Å²) < 4.78 is 27.1. The van der Waals surface area contributed by atoms with Crippen LogP contribution in [0.2, 0.25) is 0 Å². The fourth-order valence-corrected chi connectivity index (χ4v) is 4.58. The average Bonchev–Trinajstić information content (AvgIpc) is 2.92. The molecule has 1 fully saturated rings. The molecule has 16 nitrogen and oxygen atoms in total. The highest BCUT2D eigenvalue weighted by molar-refractivity contribution is 5.88. The number of fused-ring (bicyclic) bond motifs is 1. The normalized spacial score (nSPS) is 23.1. The molecule has 238 valence electrons. The summed E-state index contributed by atoms with van der Waals surface area (Å²) in [6.45, 7) is 0.356. The van der Waals surface area contributed by atoms with E-state index in [-0.39, 0.29) is 28.4 Å². The van der Waals surface area contributed by atoms with E-state index >= 15 is 0 Å². The van der Waals surface area contributed by atoms with Crippen LogP contribution in [0.1, 0.15) is 19.8 Å². The number of aliphatic carboxylic acids is 1. The fraction of sp³-hybridized carbons (Fsp3) is 0.393. The molecule has 1 aromatic heterocycles. The van der Waals surface area contributed by atoms with Crippen LogP contribution in [0.5, 0.6) is 28.7 Å². The predicted molar refractivity (Wildman–Crippen MR) is 145 cm³/mol. The van der Waals surface area contributed by atoms with Crippen molar-refractivity contribution < 1.29 is 73.8 Å². The van der Waals surface area contributed by atoms with E-state index in [4.69, 9.17) is 28.5 Å². The molecule has 0 unspecified atom stereocenters. The Labute approximate surface area is 247 Å². The van der Waals surface area contributed by atoms with Gasteiger partial charge >= 0.3 is 11.9 Å². The minimum atomic E-state index is -1.99. The Hall–Kier alpha value is -4.61. The van der Waals surface area contributed by atoms with Crippen molar-refractivity contribution in [1.29, 1.82) is 0 Å². The lowest BCUT2D eigenvalue weighted by molar-refractivity contribution is -0.278. The van der Waals surface area contributed by atoms with Gasteiger partial charge in [0, 0.05) is 17.7 Å². The summed E-state index contributed by atoms with van der Waals surface area (Å²) in [5.74, 6) is -4.86. The molecule has 1 aliphatic heterocycles. The number of carbonyl (C=O) groups is 2. The summed E-state index contributed by atoms with van der Waals surface area (Å²) >= 11 is 0. The number of hydrogen-bond donors (Lipinski definition) is 8. The summed E-state index contributed by atoms with van der Waals surface area (Å²) in [4.78, 5) is 36.7. The first-order valence-corrected chi connectivity index (χ1v) is 13.0. The van der Waals surface area contributed by atoms with E-state index in [9.17, 15) is 50.1 Å². The molecule has 3 aromatic rings. The Bertz CT molecular complexity index is 1610. The SMILES string of the molecule is COc1cc(-c2oc3cc(O)cc(O)c3c(=O)c2O[C@@H]2O[C@@H](COC(=O)C[C@@](C)(O)CC(=O)O)[C@@H](O)[C@H](O)[C@H]2O)ccc1O. The van der Waals surface area contributed by atoms with Crippen LogP contribution < -0.4 is 14.9 Å². The molecule has 4 rings (SSSR count). The molecule has 2 aromatic carbocycles. The van der Waals surface area contributed by atoms with Crippen LogP contribution in [-0.4, -0.2) is 103 Å². The zero-order chi connectivity index (χ0) is 32.5. The van der Waals surface area contributed by atoms with Crippen LogP contribution in [-0.2, 0) is 19.1 Å². The number of carboxylic acids is 1. The number of aliphatic hydroxyl groups is 4. The molecular formula is C28H30O16. The molecule has 6 atom stereocenters. The number of hydrogen-bond acceptors (Lipinski definition) is 15. The first-order valence-electron chi connectivity index (χ1n) is 13.0. The number of carbonyl (C=O) groups excluding carboxylic acids is 1. The first-order chi connectivity index (χ1) is 20.6. The van der Waals surface area contributed by atoms with E-state index in [2.05, 4.69) is 0 Å². The standard InChI is InChI=1S/C28H30O16/c1-28(39,8-18(32)33)9-19(34)41-10-17-21(35)23(37)24(38)27(43-17)44-26-22(36)20-14(31)6-12(29)7-16(20)42-25(26)11-3-4-13(30)15(5-11)40-2/h3-7,17,21,23-24,27,29-31,35,37-39H,8-10H2,1-2H3,(H,32,33)/t17-,21+,23-,24+,27-,28-/m0/s1. The Kier molecular flexibility index (Phi) is 9.22. The molecule has 8 N–H and O–H groups in total. The monoisotopic (exact) mass is 622 g/mol. The number of phenols is 3.